The number of amides is 1. The Hall–Kier alpha value is -3.42. The largest absolute Gasteiger partial charge is 0.495 e. The number of carbonyl (C=O) groups excluding carboxylic acids is 2. The van der Waals surface area contributed by atoms with Crippen LogP contribution in [0.4, 0.5) is 11.4 Å². The molecule has 0 bridgehead atoms. The van der Waals surface area contributed by atoms with E-state index in [1.165, 1.54) is 32.2 Å². The number of nitro benzene ring substituents is 1. The molecule has 0 aliphatic heterocycles. The lowest BCUT2D eigenvalue weighted by molar-refractivity contribution is -0.385. The second-order valence-corrected chi connectivity index (χ2v) is 5.03. The molecule has 2 aromatic carbocycles. The number of nitrogens with zero attached hydrogens (tertiary/aromatic N) is 1. The van der Waals surface area contributed by atoms with Gasteiger partial charge in [-0.1, -0.05) is 18.2 Å². The topological polar surface area (TPSA) is 108 Å². The monoisotopic (exact) mass is 344 g/mol. The molecule has 8 heteroatoms. The van der Waals surface area contributed by atoms with Gasteiger partial charge in [-0.15, -0.1) is 0 Å². The number of ether oxygens (including phenoxy) is 2. The van der Waals surface area contributed by atoms with Crippen LogP contribution in [0.25, 0.3) is 0 Å². The van der Waals surface area contributed by atoms with Crippen molar-refractivity contribution in [1.29, 1.82) is 0 Å². The molecule has 25 heavy (non-hydrogen) atoms. The molecule has 0 saturated carbocycles. The number of anilines is 1. The van der Waals surface area contributed by atoms with Gasteiger partial charge in [0.25, 0.3) is 11.6 Å². The van der Waals surface area contributed by atoms with Crippen LogP contribution in [-0.4, -0.2) is 30.5 Å². The first-order valence-electron chi connectivity index (χ1n) is 7.28. The maximum Gasteiger partial charge on any atom is 0.339 e. The second-order valence-electron chi connectivity index (χ2n) is 5.03. The Bertz CT molecular complexity index is 819. The normalized spacial score (nSPS) is 10.0. The second kappa shape index (κ2) is 7.91. The van der Waals surface area contributed by atoms with Crippen molar-refractivity contribution in [2.75, 3.05) is 19.0 Å². The number of esters is 1. The molecule has 130 valence electrons. The molecule has 0 fully saturated rings. The summed E-state index contributed by atoms with van der Waals surface area (Å²) in [5, 5.41) is 13.5. The summed E-state index contributed by atoms with van der Waals surface area (Å²) in [6.45, 7) is 0.919. The Morgan fingerprint density at radius 3 is 2.56 bits per heavy atom. The van der Waals surface area contributed by atoms with Crippen molar-refractivity contribution in [2.45, 2.75) is 6.92 Å². The van der Waals surface area contributed by atoms with E-state index in [0.29, 0.717) is 11.4 Å². The Kier molecular flexibility index (Phi) is 5.67. The minimum absolute atomic E-state index is 0.0410. The summed E-state index contributed by atoms with van der Waals surface area (Å²) < 4.78 is 10.0. The maximum atomic E-state index is 12.1. The van der Waals surface area contributed by atoms with Gasteiger partial charge in [0.05, 0.1) is 23.3 Å². The zero-order valence-corrected chi connectivity index (χ0v) is 13.6. The van der Waals surface area contributed by atoms with Crippen LogP contribution in [0.15, 0.2) is 42.5 Å². The molecule has 0 aromatic heterocycles. The van der Waals surface area contributed by atoms with E-state index in [-0.39, 0.29) is 16.8 Å². The number of nitrogens with one attached hydrogen (secondary N) is 1. The highest BCUT2D eigenvalue weighted by Gasteiger charge is 2.19. The maximum absolute atomic E-state index is 12.1. The molecular weight excluding hydrogens is 328 g/mol. The van der Waals surface area contributed by atoms with E-state index in [1.807, 2.05) is 0 Å². The number of para-hydroxylation sites is 2. The summed E-state index contributed by atoms with van der Waals surface area (Å²) in [7, 11) is 1.47. The van der Waals surface area contributed by atoms with Gasteiger partial charge in [0.2, 0.25) is 0 Å². The first kappa shape index (κ1) is 17.9. The predicted octanol–water partition coefficient (Wildman–Crippen LogP) is 2.71. The molecule has 0 unspecified atom stereocenters. The number of methoxy groups -OCH3 is 1. The highest BCUT2D eigenvalue weighted by Crippen LogP contribution is 2.23. The third-order valence-corrected chi connectivity index (χ3v) is 3.44. The molecule has 0 atom stereocenters. The van der Waals surface area contributed by atoms with Crippen molar-refractivity contribution in [3.8, 4) is 5.75 Å². The third-order valence-electron chi connectivity index (χ3n) is 3.44. The summed E-state index contributed by atoms with van der Waals surface area (Å²) in [5.41, 5.74) is 0.479. The number of nitro groups is 1. The lowest BCUT2D eigenvalue weighted by Gasteiger charge is -2.10. The van der Waals surface area contributed by atoms with Crippen LogP contribution in [0.3, 0.4) is 0 Å². The van der Waals surface area contributed by atoms with Gasteiger partial charge in [-0.05, 0) is 25.1 Å². The predicted molar refractivity (Wildman–Crippen MR) is 89.7 cm³/mol. The fourth-order valence-electron chi connectivity index (χ4n) is 2.19. The van der Waals surface area contributed by atoms with Crippen molar-refractivity contribution < 1.29 is 24.0 Å². The van der Waals surface area contributed by atoms with Crippen LogP contribution in [-0.2, 0) is 9.53 Å². The van der Waals surface area contributed by atoms with E-state index in [9.17, 15) is 19.7 Å². The smallest absolute Gasteiger partial charge is 0.339 e. The van der Waals surface area contributed by atoms with E-state index >= 15 is 0 Å². The number of benzene rings is 2. The van der Waals surface area contributed by atoms with Gasteiger partial charge in [0.15, 0.2) is 6.61 Å². The average molecular weight is 344 g/mol. The molecule has 1 N–H and O–H groups in total. The van der Waals surface area contributed by atoms with E-state index in [0.717, 1.165) is 0 Å². The third kappa shape index (κ3) is 4.31. The van der Waals surface area contributed by atoms with Gasteiger partial charge in [-0.2, -0.15) is 0 Å². The van der Waals surface area contributed by atoms with Crippen LogP contribution in [0.2, 0.25) is 0 Å². The zero-order valence-electron chi connectivity index (χ0n) is 13.6. The fourth-order valence-corrected chi connectivity index (χ4v) is 2.19. The van der Waals surface area contributed by atoms with Crippen molar-refractivity contribution in [3.05, 3.63) is 63.7 Å². The summed E-state index contributed by atoms with van der Waals surface area (Å²) >= 11 is 0. The summed E-state index contributed by atoms with van der Waals surface area (Å²) in [6.07, 6.45) is 0. The number of rotatable bonds is 6. The van der Waals surface area contributed by atoms with Crippen LogP contribution < -0.4 is 10.1 Å². The molecule has 0 heterocycles. The minimum atomic E-state index is -0.809. The Morgan fingerprint density at radius 2 is 1.88 bits per heavy atom. The molecule has 0 saturated heterocycles. The van der Waals surface area contributed by atoms with E-state index in [1.54, 1.807) is 24.3 Å². The fraction of sp³-hybridized carbons (Fsp3) is 0.176. The average Bonchev–Trinajstić information content (AvgIpc) is 2.60. The van der Waals surface area contributed by atoms with E-state index in [4.69, 9.17) is 9.47 Å². The van der Waals surface area contributed by atoms with Gasteiger partial charge in [-0.25, -0.2) is 4.79 Å². The number of hydrogen-bond acceptors (Lipinski definition) is 6. The highest BCUT2D eigenvalue weighted by atomic mass is 16.6. The van der Waals surface area contributed by atoms with Gasteiger partial charge in [-0.3, -0.25) is 14.9 Å². The van der Waals surface area contributed by atoms with Crippen LogP contribution in [0.5, 0.6) is 5.75 Å². The lowest BCUT2D eigenvalue weighted by atomic mass is 10.1. The first-order chi connectivity index (χ1) is 11.9. The Morgan fingerprint density at radius 1 is 1.16 bits per heavy atom. The van der Waals surface area contributed by atoms with Gasteiger partial charge >= 0.3 is 5.97 Å². The van der Waals surface area contributed by atoms with Crippen molar-refractivity contribution in [1.82, 2.24) is 0 Å². The molecule has 2 rings (SSSR count). The minimum Gasteiger partial charge on any atom is -0.495 e. The first-order valence-corrected chi connectivity index (χ1v) is 7.28. The Labute approximate surface area is 143 Å². The summed E-state index contributed by atoms with van der Waals surface area (Å²) in [4.78, 5) is 34.3. The van der Waals surface area contributed by atoms with Crippen LogP contribution in [0, 0.1) is 17.0 Å². The summed E-state index contributed by atoms with van der Waals surface area (Å²) in [5.74, 6) is -0.894. The number of carbonyl (C=O) groups is 2. The number of hydrogen-bond donors (Lipinski definition) is 1. The standard InChI is InChI=1S/C17H16N2O6/c1-11-12(6-5-8-14(11)19(22)23)17(21)25-10-16(20)18-13-7-3-4-9-15(13)24-2/h3-9H,10H2,1-2H3,(H,18,20). The van der Waals surface area contributed by atoms with Gasteiger partial charge in [0.1, 0.15) is 5.75 Å². The van der Waals surface area contributed by atoms with Crippen molar-refractivity contribution in [3.63, 3.8) is 0 Å². The molecule has 0 spiro atoms. The summed E-state index contributed by atoms with van der Waals surface area (Å²) in [6, 6.07) is 10.9. The van der Waals surface area contributed by atoms with Crippen molar-refractivity contribution >= 4 is 23.3 Å². The van der Waals surface area contributed by atoms with E-state index in [2.05, 4.69) is 5.32 Å². The molecular formula is C17H16N2O6. The van der Waals surface area contributed by atoms with Crippen LogP contribution in [0.1, 0.15) is 15.9 Å². The molecule has 2 aromatic rings. The quantitative estimate of drug-likeness (QED) is 0.490. The lowest BCUT2D eigenvalue weighted by Crippen LogP contribution is -2.21. The zero-order chi connectivity index (χ0) is 18.4. The van der Waals surface area contributed by atoms with Crippen LogP contribution >= 0.6 is 0 Å². The molecule has 0 aliphatic rings. The molecule has 0 radical (unpaired) electrons. The molecule has 1 amide bonds. The Balaban J connectivity index is 2.01. The van der Waals surface area contributed by atoms with E-state index < -0.39 is 23.4 Å². The van der Waals surface area contributed by atoms with Gasteiger partial charge < -0.3 is 14.8 Å². The SMILES string of the molecule is COc1ccccc1NC(=O)COC(=O)c1cccc([N+](=O)[O-])c1C. The highest BCUT2D eigenvalue weighted by molar-refractivity contribution is 5.97. The van der Waals surface area contributed by atoms with Crippen molar-refractivity contribution in [2.24, 2.45) is 0 Å². The van der Waals surface area contributed by atoms with Gasteiger partial charge in [0, 0.05) is 11.6 Å². The molecule has 0 aliphatic carbocycles. The molecule has 8 nitrogen and oxygen atoms in total.